The summed E-state index contributed by atoms with van der Waals surface area (Å²) >= 11 is 0. The van der Waals surface area contributed by atoms with Gasteiger partial charge in [0.25, 0.3) is 0 Å². The lowest BCUT2D eigenvalue weighted by Crippen LogP contribution is -2.38. The first-order valence-corrected chi connectivity index (χ1v) is 9.29. The fourth-order valence-electron chi connectivity index (χ4n) is 3.43. The zero-order chi connectivity index (χ0) is 19.2. The predicted molar refractivity (Wildman–Crippen MR) is 105 cm³/mol. The van der Waals surface area contributed by atoms with E-state index >= 15 is 0 Å². The van der Waals surface area contributed by atoms with E-state index in [-0.39, 0.29) is 17.9 Å². The van der Waals surface area contributed by atoms with Crippen molar-refractivity contribution in [2.24, 2.45) is 0 Å². The van der Waals surface area contributed by atoms with Gasteiger partial charge in [0.15, 0.2) is 0 Å². The number of hydrogen-bond donors (Lipinski definition) is 1. The molecule has 1 saturated heterocycles. The molecule has 1 aliphatic heterocycles. The standard InChI is InChI=1S/C22H26N2O3/c1-16-4-3-5-18(12-16)13-21(25)23-19-14-22(26)24(15-19)11-10-17-6-8-20(27-2)9-7-17/h3-9,12,19H,10-11,13-15H2,1-2H3,(H,23,25)/t19-/m0/s1. The van der Waals surface area contributed by atoms with Crippen LogP contribution in [0.4, 0.5) is 0 Å². The van der Waals surface area contributed by atoms with Gasteiger partial charge in [-0.25, -0.2) is 0 Å². The second kappa shape index (κ2) is 8.71. The molecule has 0 radical (unpaired) electrons. The first kappa shape index (κ1) is 19.0. The van der Waals surface area contributed by atoms with Crippen molar-refractivity contribution in [1.82, 2.24) is 10.2 Å². The number of ether oxygens (including phenoxy) is 1. The fourth-order valence-corrected chi connectivity index (χ4v) is 3.43. The highest BCUT2D eigenvalue weighted by molar-refractivity contribution is 5.83. The van der Waals surface area contributed by atoms with Gasteiger partial charge in [0, 0.05) is 19.5 Å². The van der Waals surface area contributed by atoms with E-state index in [0.29, 0.717) is 25.9 Å². The van der Waals surface area contributed by atoms with E-state index < -0.39 is 0 Å². The number of carbonyl (C=O) groups is 2. The van der Waals surface area contributed by atoms with Gasteiger partial charge in [-0.3, -0.25) is 9.59 Å². The highest BCUT2D eigenvalue weighted by Gasteiger charge is 2.30. The van der Waals surface area contributed by atoms with Crippen LogP contribution in [0.2, 0.25) is 0 Å². The number of methoxy groups -OCH3 is 1. The smallest absolute Gasteiger partial charge is 0.224 e. The molecule has 2 aromatic rings. The molecule has 0 aromatic heterocycles. The highest BCUT2D eigenvalue weighted by atomic mass is 16.5. The third kappa shape index (κ3) is 5.33. The zero-order valence-electron chi connectivity index (χ0n) is 15.9. The molecule has 1 heterocycles. The predicted octanol–water partition coefficient (Wildman–Crippen LogP) is 2.51. The van der Waals surface area contributed by atoms with Gasteiger partial charge in [0.05, 0.1) is 19.6 Å². The van der Waals surface area contributed by atoms with Gasteiger partial charge in [-0.05, 0) is 36.6 Å². The minimum Gasteiger partial charge on any atom is -0.497 e. The van der Waals surface area contributed by atoms with E-state index in [2.05, 4.69) is 5.32 Å². The lowest BCUT2D eigenvalue weighted by atomic mass is 10.1. The molecule has 5 nitrogen and oxygen atoms in total. The summed E-state index contributed by atoms with van der Waals surface area (Å²) < 4.78 is 5.16. The molecule has 1 aliphatic rings. The van der Waals surface area contributed by atoms with E-state index in [4.69, 9.17) is 4.74 Å². The van der Waals surface area contributed by atoms with Crippen molar-refractivity contribution >= 4 is 11.8 Å². The van der Waals surface area contributed by atoms with Crippen molar-refractivity contribution in [3.05, 3.63) is 65.2 Å². The molecule has 142 valence electrons. The molecule has 1 fully saturated rings. The largest absolute Gasteiger partial charge is 0.497 e. The van der Waals surface area contributed by atoms with Crippen LogP contribution in [0.3, 0.4) is 0 Å². The molecule has 0 spiro atoms. The Morgan fingerprint density at radius 2 is 1.96 bits per heavy atom. The molecule has 0 saturated carbocycles. The number of hydrogen-bond acceptors (Lipinski definition) is 3. The van der Waals surface area contributed by atoms with Crippen LogP contribution in [0.25, 0.3) is 0 Å². The Morgan fingerprint density at radius 3 is 2.67 bits per heavy atom. The van der Waals surface area contributed by atoms with Crippen LogP contribution >= 0.6 is 0 Å². The molecule has 3 rings (SSSR count). The Labute approximate surface area is 160 Å². The van der Waals surface area contributed by atoms with Crippen LogP contribution in [0.5, 0.6) is 5.75 Å². The lowest BCUT2D eigenvalue weighted by molar-refractivity contribution is -0.127. The number of amides is 2. The molecule has 1 atom stereocenters. The van der Waals surface area contributed by atoms with Gasteiger partial charge in [-0.1, -0.05) is 42.0 Å². The number of benzene rings is 2. The second-order valence-corrected chi connectivity index (χ2v) is 7.07. The number of carbonyl (C=O) groups excluding carboxylic acids is 2. The number of rotatable bonds is 7. The first-order chi connectivity index (χ1) is 13.0. The monoisotopic (exact) mass is 366 g/mol. The van der Waals surface area contributed by atoms with Gasteiger partial charge in [-0.15, -0.1) is 0 Å². The summed E-state index contributed by atoms with van der Waals surface area (Å²) in [7, 11) is 1.64. The van der Waals surface area contributed by atoms with Gasteiger partial charge in [0.2, 0.25) is 11.8 Å². The third-order valence-corrected chi connectivity index (χ3v) is 4.86. The minimum absolute atomic E-state index is 0.0320. The average molecular weight is 366 g/mol. The van der Waals surface area contributed by atoms with Crippen molar-refractivity contribution in [2.45, 2.75) is 32.2 Å². The van der Waals surface area contributed by atoms with Gasteiger partial charge < -0.3 is 15.0 Å². The van der Waals surface area contributed by atoms with Crippen LogP contribution in [0.1, 0.15) is 23.1 Å². The summed E-state index contributed by atoms with van der Waals surface area (Å²) in [5.41, 5.74) is 3.30. The van der Waals surface area contributed by atoms with E-state index in [9.17, 15) is 9.59 Å². The van der Waals surface area contributed by atoms with Crippen molar-refractivity contribution in [1.29, 1.82) is 0 Å². The second-order valence-electron chi connectivity index (χ2n) is 7.07. The summed E-state index contributed by atoms with van der Waals surface area (Å²) in [6.07, 6.45) is 1.51. The number of aryl methyl sites for hydroxylation is 1. The fraction of sp³-hybridized carbons (Fsp3) is 0.364. The van der Waals surface area contributed by atoms with Crippen molar-refractivity contribution in [2.75, 3.05) is 20.2 Å². The molecule has 2 amide bonds. The molecule has 0 unspecified atom stereocenters. The highest BCUT2D eigenvalue weighted by Crippen LogP contribution is 2.15. The minimum atomic E-state index is -0.106. The topological polar surface area (TPSA) is 58.6 Å². The average Bonchev–Trinajstić information content (AvgIpc) is 2.99. The molecule has 0 bridgehead atoms. The SMILES string of the molecule is COc1ccc(CCN2C[C@@H](NC(=O)Cc3cccc(C)c3)CC2=O)cc1. The third-order valence-electron chi connectivity index (χ3n) is 4.86. The summed E-state index contributed by atoms with van der Waals surface area (Å²) in [5, 5.41) is 3.00. The molecule has 27 heavy (non-hydrogen) atoms. The zero-order valence-corrected chi connectivity index (χ0v) is 15.9. The maximum Gasteiger partial charge on any atom is 0.224 e. The van der Waals surface area contributed by atoms with E-state index in [1.54, 1.807) is 7.11 Å². The Kier molecular flexibility index (Phi) is 6.12. The van der Waals surface area contributed by atoms with Crippen LogP contribution < -0.4 is 10.1 Å². The van der Waals surface area contributed by atoms with Crippen LogP contribution in [0, 0.1) is 6.92 Å². The normalized spacial score (nSPS) is 16.4. The van der Waals surface area contributed by atoms with Crippen molar-refractivity contribution < 1.29 is 14.3 Å². The number of likely N-dealkylation sites (tertiary alicyclic amines) is 1. The van der Waals surface area contributed by atoms with Crippen molar-refractivity contribution in [3.8, 4) is 5.75 Å². The maximum atomic E-state index is 12.3. The molecule has 1 N–H and O–H groups in total. The van der Waals surface area contributed by atoms with E-state index in [1.165, 1.54) is 0 Å². The molecule has 0 aliphatic carbocycles. The quantitative estimate of drug-likeness (QED) is 0.819. The van der Waals surface area contributed by atoms with Gasteiger partial charge >= 0.3 is 0 Å². The summed E-state index contributed by atoms with van der Waals surface area (Å²) in [4.78, 5) is 26.4. The molecule has 5 heteroatoms. The van der Waals surface area contributed by atoms with Crippen LogP contribution in [-0.2, 0) is 22.4 Å². The molecular formula is C22H26N2O3. The summed E-state index contributed by atoms with van der Waals surface area (Å²) in [6, 6.07) is 15.7. The summed E-state index contributed by atoms with van der Waals surface area (Å²) in [5.74, 6) is 0.896. The number of nitrogens with one attached hydrogen (secondary N) is 1. The Bertz CT molecular complexity index is 801. The van der Waals surface area contributed by atoms with Crippen LogP contribution in [-0.4, -0.2) is 43.0 Å². The first-order valence-electron chi connectivity index (χ1n) is 9.29. The van der Waals surface area contributed by atoms with Gasteiger partial charge in [-0.2, -0.15) is 0 Å². The molecule has 2 aromatic carbocycles. The van der Waals surface area contributed by atoms with E-state index in [0.717, 1.165) is 28.9 Å². The Morgan fingerprint density at radius 1 is 1.19 bits per heavy atom. The molecular weight excluding hydrogens is 340 g/mol. The lowest BCUT2D eigenvalue weighted by Gasteiger charge is -2.17. The Hall–Kier alpha value is -2.82. The van der Waals surface area contributed by atoms with Crippen molar-refractivity contribution in [3.63, 3.8) is 0 Å². The maximum absolute atomic E-state index is 12.3. The summed E-state index contributed by atoms with van der Waals surface area (Å²) in [6.45, 7) is 3.25. The number of nitrogens with zero attached hydrogens (tertiary/aromatic N) is 1. The van der Waals surface area contributed by atoms with Gasteiger partial charge in [0.1, 0.15) is 5.75 Å². The van der Waals surface area contributed by atoms with Crippen LogP contribution in [0.15, 0.2) is 48.5 Å². The van der Waals surface area contributed by atoms with E-state index in [1.807, 2.05) is 60.4 Å². The Balaban J connectivity index is 1.47.